The van der Waals surface area contributed by atoms with Gasteiger partial charge in [0.1, 0.15) is 5.76 Å². The number of aliphatic hydroxyl groups excluding tert-OH is 1. The lowest BCUT2D eigenvalue weighted by atomic mass is 10.1. The summed E-state index contributed by atoms with van der Waals surface area (Å²) in [5, 5.41) is 21.9. The first kappa shape index (κ1) is 23.0. The van der Waals surface area contributed by atoms with Crippen LogP contribution < -0.4 is 5.32 Å². The van der Waals surface area contributed by atoms with Gasteiger partial charge in [0.15, 0.2) is 0 Å². The zero-order chi connectivity index (χ0) is 22.3. The molecule has 0 aliphatic heterocycles. The van der Waals surface area contributed by atoms with Crippen molar-refractivity contribution >= 4 is 23.2 Å². The number of carboxylic acids is 1. The number of allylic oxidation sites excluding steroid dienone is 4. The molecule has 1 aromatic heterocycles. The quantitative estimate of drug-likeness (QED) is 0.617. The molecule has 1 aromatic carbocycles. The van der Waals surface area contributed by atoms with E-state index in [0.717, 1.165) is 17.7 Å². The molecule has 0 bridgehead atoms. The van der Waals surface area contributed by atoms with E-state index in [1.165, 1.54) is 36.6 Å². The number of aliphatic carboxylic acids is 1. The van der Waals surface area contributed by atoms with Gasteiger partial charge >= 0.3 is 12.1 Å². The molecular weight excluding hydrogens is 419 g/mol. The molecule has 1 aliphatic rings. The van der Waals surface area contributed by atoms with E-state index >= 15 is 0 Å². The summed E-state index contributed by atoms with van der Waals surface area (Å²) >= 11 is 1.25. The second-order valence-electron chi connectivity index (χ2n) is 6.01. The third-order valence-electron chi connectivity index (χ3n) is 3.99. The second kappa shape index (κ2) is 9.93. The van der Waals surface area contributed by atoms with Crippen LogP contribution in [-0.4, -0.2) is 29.1 Å². The fourth-order valence-electron chi connectivity index (χ4n) is 2.39. The number of amides is 1. The van der Waals surface area contributed by atoms with Crippen molar-refractivity contribution in [3.05, 3.63) is 81.8 Å². The van der Waals surface area contributed by atoms with E-state index < -0.39 is 17.7 Å². The van der Waals surface area contributed by atoms with Crippen LogP contribution in [0.1, 0.15) is 21.7 Å². The lowest BCUT2D eigenvalue weighted by Gasteiger charge is -2.06. The Balaban J connectivity index is 0.000000248. The minimum atomic E-state index is -4.33. The van der Waals surface area contributed by atoms with Crippen LogP contribution >= 0.6 is 11.3 Å². The van der Waals surface area contributed by atoms with Crippen molar-refractivity contribution in [2.24, 2.45) is 0 Å². The molecule has 3 rings (SSSR count). The van der Waals surface area contributed by atoms with E-state index in [1.807, 2.05) is 0 Å². The largest absolute Gasteiger partial charge is 0.507 e. The van der Waals surface area contributed by atoms with Gasteiger partial charge in [0, 0.05) is 13.5 Å². The van der Waals surface area contributed by atoms with Crippen molar-refractivity contribution in [2.75, 3.05) is 7.05 Å². The fourth-order valence-corrected chi connectivity index (χ4v) is 3.26. The van der Waals surface area contributed by atoms with Crippen molar-refractivity contribution < 1.29 is 33.0 Å². The number of benzene rings is 1. The van der Waals surface area contributed by atoms with Crippen LogP contribution in [0.15, 0.2) is 71.3 Å². The van der Waals surface area contributed by atoms with Gasteiger partial charge in [-0.25, -0.2) is 4.79 Å². The molecule has 0 fully saturated rings. The summed E-state index contributed by atoms with van der Waals surface area (Å²) in [6.07, 6.45) is 2.29. The normalized spacial score (nSPS) is 13.3. The molecule has 3 N–H and O–H groups in total. The summed E-state index contributed by atoms with van der Waals surface area (Å²) in [5.74, 6) is -1.44. The number of alkyl halides is 3. The number of hydrogen-bond donors (Lipinski definition) is 3. The van der Waals surface area contributed by atoms with E-state index in [2.05, 4.69) is 5.32 Å². The maximum absolute atomic E-state index is 12.4. The number of thiophene rings is 1. The number of nitrogens with one attached hydrogen (secondary N) is 1. The molecule has 0 spiro atoms. The average molecular weight is 437 g/mol. The van der Waals surface area contributed by atoms with Gasteiger partial charge in [-0.05, 0) is 40.8 Å². The van der Waals surface area contributed by atoms with E-state index in [0.29, 0.717) is 10.4 Å². The van der Waals surface area contributed by atoms with Crippen molar-refractivity contribution in [3.8, 4) is 11.1 Å². The Kier molecular flexibility index (Phi) is 7.60. The third-order valence-corrected chi connectivity index (χ3v) is 4.92. The molecule has 0 saturated carbocycles. The molecule has 0 unspecified atom stereocenters. The summed E-state index contributed by atoms with van der Waals surface area (Å²) in [6.45, 7) is 0. The molecule has 0 radical (unpaired) electrons. The van der Waals surface area contributed by atoms with Crippen LogP contribution in [-0.2, 0) is 11.0 Å². The Bertz CT molecular complexity index is 1000. The maximum atomic E-state index is 12.4. The summed E-state index contributed by atoms with van der Waals surface area (Å²) in [7, 11) is 1.53. The first-order valence-electron chi connectivity index (χ1n) is 8.60. The number of carbonyl (C=O) groups is 2. The zero-order valence-electron chi connectivity index (χ0n) is 15.7. The smallest absolute Gasteiger partial charge is 0.416 e. The Hall–Kier alpha value is -3.33. The van der Waals surface area contributed by atoms with Crippen LogP contribution in [0.5, 0.6) is 0 Å². The standard InChI is InChI=1S/C13H10F3NOS.C8H8O3/c1-17-12(18)11-6-9(7-19-11)8-2-4-10(5-3-8)13(14,15)16;9-7-5-3-1-2-4-6(7)8(10)11/h2-7H,1H3,(H,17,18);1-3,5,9H,4H2,(H,10,11). The lowest BCUT2D eigenvalue weighted by Crippen LogP contribution is -2.15. The summed E-state index contributed by atoms with van der Waals surface area (Å²) in [4.78, 5) is 22.4. The summed E-state index contributed by atoms with van der Waals surface area (Å²) in [5.41, 5.74) is 0.740. The van der Waals surface area contributed by atoms with Crippen LogP contribution in [0.4, 0.5) is 13.2 Å². The number of carbonyl (C=O) groups excluding carboxylic acids is 1. The molecule has 1 heterocycles. The predicted molar refractivity (Wildman–Crippen MR) is 108 cm³/mol. The van der Waals surface area contributed by atoms with Crippen LogP contribution in [0.3, 0.4) is 0 Å². The third kappa shape index (κ3) is 6.08. The highest BCUT2D eigenvalue weighted by Gasteiger charge is 2.30. The number of carboxylic acid groups (broad SMARTS) is 1. The first-order valence-corrected chi connectivity index (χ1v) is 9.48. The number of aliphatic hydroxyl groups is 1. The van der Waals surface area contributed by atoms with Crippen molar-refractivity contribution in [3.63, 3.8) is 0 Å². The van der Waals surface area contributed by atoms with Gasteiger partial charge in [-0.15, -0.1) is 11.3 Å². The average Bonchev–Trinajstić information content (AvgIpc) is 3.09. The number of hydrogen-bond acceptors (Lipinski definition) is 4. The SMILES string of the molecule is CNC(=O)c1cc(-c2ccc(C(F)(F)F)cc2)cs1.O=C(O)C1=C(O)C=CC=CC1. The van der Waals surface area contributed by atoms with Crippen LogP contribution in [0, 0.1) is 0 Å². The summed E-state index contributed by atoms with van der Waals surface area (Å²) in [6, 6.07) is 6.53. The van der Waals surface area contributed by atoms with Gasteiger partial charge < -0.3 is 15.5 Å². The van der Waals surface area contributed by atoms with Crippen molar-refractivity contribution in [1.82, 2.24) is 5.32 Å². The van der Waals surface area contributed by atoms with Crippen molar-refractivity contribution in [2.45, 2.75) is 12.6 Å². The Labute approximate surface area is 174 Å². The molecule has 5 nitrogen and oxygen atoms in total. The fraction of sp³-hybridized carbons (Fsp3) is 0.143. The van der Waals surface area contributed by atoms with Gasteiger partial charge in [-0.2, -0.15) is 13.2 Å². The predicted octanol–water partition coefficient (Wildman–Crippen LogP) is 5.19. The van der Waals surface area contributed by atoms with E-state index in [-0.39, 0.29) is 23.7 Å². The molecule has 1 aliphatic carbocycles. The Morgan fingerprint density at radius 1 is 1.10 bits per heavy atom. The molecular formula is C21H18F3NO4S. The molecule has 158 valence electrons. The van der Waals surface area contributed by atoms with Crippen molar-refractivity contribution in [1.29, 1.82) is 0 Å². The number of rotatable bonds is 3. The van der Waals surface area contributed by atoms with Gasteiger partial charge in [0.05, 0.1) is 16.0 Å². The molecule has 2 aromatic rings. The van der Waals surface area contributed by atoms with Gasteiger partial charge in [-0.3, -0.25) is 4.79 Å². The van der Waals surface area contributed by atoms with Crippen LogP contribution in [0.25, 0.3) is 11.1 Å². The minimum absolute atomic E-state index is 0.0370. The highest BCUT2D eigenvalue weighted by molar-refractivity contribution is 7.12. The van der Waals surface area contributed by atoms with Gasteiger partial charge in [0.2, 0.25) is 0 Å². The van der Waals surface area contributed by atoms with Gasteiger partial charge in [0.25, 0.3) is 5.91 Å². The molecule has 30 heavy (non-hydrogen) atoms. The van der Waals surface area contributed by atoms with Crippen LogP contribution in [0.2, 0.25) is 0 Å². The van der Waals surface area contributed by atoms with E-state index in [4.69, 9.17) is 10.2 Å². The van der Waals surface area contributed by atoms with E-state index in [1.54, 1.807) is 29.7 Å². The molecule has 1 amide bonds. The number of halogens is 3. The maximum Gasteiger partial charge on any atom is 0.416 e. The topological polar surface area (TPSA) is 86.6 Å². The molecule has 0 saturated heterocycles. The highest BCUT2D eigenvalue weighted by Crippen LogP contribution is 2.32. The van der Waals surface area contributed by atoms with Gasteiger partial charge in [-0.1, -0.05) is 30.4 Å². The Morgan fingerprint density at radius 2 is 1.77 bits per heavy atom. The van der Waals surface area contributed by atoms with E-state index in [9.17, 15) is 22.8 Å². The monoisotopic (exact) mass is 437 g/mol. The Morgan fingerprint density at radius 3 is 2.33 bits per heavy atom. The molecule has 9 heteroatoms. The lowest BCUT2D eigenvalue weighted by molar-refractivity contribution is -0.137. The zero-order valence-corrected chi connectivity index (χ0v) is 16.6. The first-order chi connectivity index (χ1) is 14.1. The highest BCUT2D eigenvalue weighted by atomic mass is 32.1. The molecule has 0 atom stereocenters. The summed E-state index contributed by atoms with van der Waals surface area (Å²) < 4.78 is 37.3. The minimum Gasteiger partial charge on any atom is -0.507 e. The second-order valence-corrected chi connectivity index (χ2v) is 6.93.